The van der Waals surface area contributed by atoms with Crippen molar-refractivity contribution in [3.8, 4) is 5.75 Å². The summed E-state index contributed by atoms with van der Waals surface area (Å²) in [6, 6.07) is 12.4. The molecule has 0 aliphatic heterocycles. The molecule has 0 aromatic heterocycles. The number of esters is 2. The third kappa shape index (κ3) is 8.95. The van der Waals surface area contributed by atoms with E-state index in [1.165, 1.54) is 24.3 Å². The molecule has 36 heavy (non-hydrogen) atoms. The summed E-state index contributed by atoms with van der Waals surface area (Å²) in [7, 11) is -4.03. The van der Waals surface area contributed by atoms with Crippen LogP contribution in [0.4, 0.5) is 0 Å². The monoisotopic (exact) mass is 519 g/mol. The van der Waals surface area contributed by atoms with Gasteiger partial charge in [0.25, 0.3) is 0 Å². The average Bonchev–Trinajstić information content (AvgIpc) is 2.72. The lowest BCUT2D eigenvalue weighted by Crippen LogP contribution is -2.36. The molecule has 2 aromatic carbocycles. The zero-order valence-corrected chi connectivity index (χ0v) is 22.8. The first kappa shape index (κ1) is 29.3. The van der Waals surface area contributed by atoms with Gasteiger partial charge in [0.1, 0.15) is 21.8 Å². The van der Waals surface area contributed by atoms with Gasteiger partial charge >= 0.3 is 22.1 Å². The Hall–Kier alpha value is -2.91. The molecule has 0 amide bonds. The van der Waals surface area contributed by atoms with Crippen LogP contribution in [0.3, 0.4) is 0 Å². The Morgan fingerprint density at radius 1 is 0.861 bits per heavy atom. The second-order valence-corrected chi connectivity index (χ2v) is 12.3. The topological polar surface area (TPSA) is 122 Å². The summed E-state index contributed by atoms with van der Waals surface area (Å²) >= 11 is 0. The van der Waals surface area contributed by atoms with Crippen molar-refractivity contribution in [2.45, 2.75) is 76.9 Å². The Morgan fingerprint density at radius 3 is 1.86 bits per heavy atom. The molecule has 9 heteroatoms. The number of carbonyl (C=O) groups excluding carboxylic acids is 2. The van der Waals surface area contributed by atoms with Gasteiger partial charge in [0, 0.05) is 0 Å². The van der Waals surface area contributed by atoms with E-state index in [2.05, 4.69) is 0 Å². The minimum Gasteiger partial charge on any atom is -0.460 e. The number of rotatable bonds is 9. The van der Waals surface area contributed by atoms with Crippen LogP contribution in [-0.4, -0.2) is 38.1 Å². The Labute approximate surface area is 214 Å². The van der Waals surface area contributed by atoms with Gasteiger partial charge in [-0.2, -0.15) is 8.42 Å². The van der Waals surface area contributed by atoms with Crippen molar-refractivity contribution in [3.05, 3.63) is 59.7 Å². The summed E-state index contributed by atoms with van der Waals surface area (Å²) in [5.41, 5.74) is 5.99. The SMILES string of the molecule is Cc1ccc(S(=O)(=O)Oc2ccc(C(C(=O)OC(C)(C)C)C(CN)CC(=O)OC(C)(C)C)cc2)cc1. The molecular formula is C27H37NO7S. The lowest BCUT2D eigenvalue weighted by atomic mass is 9.83. The number of carbonyl (C=O) groups is 2. The predicted molar refractivity (Wildman–Crippen MR) is 137 cm³/mol. The first-order chi connectivity index (χ1) is 16.5. The van der Waals surface area contributed by atoms with Crippen LogP contribution in [-0.2, 0) is 29.2 Å². The molecule has 2 rings (SSSR count). The van der Waals surface area contributed by atoms with Crippen LogP contribution in [0.15, 0.2) is 53.4 Å². The summed E-state index contributed by atoms with van der Waals surface area (Å²) in [4.78, 5) is 25.7. The zero-order valence-electron chi connectivity index (χ0n) is 22.0. The molecular weight excluding hydrogens is 482 g/mol. The van der Waals surface area contributed by atoms with E-state index in [0.29, 0.717) is 5.56 Å². The third-order valence-electron chi connectivity index (χ3n) is 5.04. The van der Waals surface area contributed by atoms with Crippen molar-refractivity contribution in [2.24, 2.45) is 11.7 Å². The molecule has 2 N–H and O–H groups in total. The molecule has 198 valence electrons. The van der Waals surface area contributed by atoms with Crippen molar-refractivity contribution in [1.29, 1.82) is 0 Å². The van der Waals surface area contributed by atoms with Crippen molar-refractivity contribution in [2.75, 3.05) is 6.54 Å². The van der Waals surface area contributed by atoms with Crippen LogP contribution in [0.25, 0.3) is 0 Å². The fourth-order valence-electron chi connectivity index (χ4n) is 3.51. The minimum atomic E-state index is -4.03. The molecule has 2 atom stereocenters. The fraction of sp³-hybridized carbons (Fsp3) is 0.481. The summed E-state index contributed by atoms with van der Waals surface area (Å²) in [5.74, 6) is -2.40. The van der Waals surface area contributed by atoms with Crippen LogP contribution in [0.1, 0.15) is 65.0 Å². The van der Waals surface area contributed by atoms with E-state index in [0.717, 1.165) is 5.56 Å². The van der Waals surface area contributed by atoms with Crippen molar-refractivity contribution in [3.63, 3.8) is 0 Å². The maximum absolute atomic E-state index is 13.2. The van der Waals surface area contributed by atoms with Crippen molar-refractivity contribution < 1.29 is 31.7 Å². The quantitative estimate of drug-likeness (QED) is 0.380. The van der Waals surface area contributed by atoms with Crippen LogP contribution in [0, 0.1) is 12.8 Å². The molecule has 2 aromatic rings. The van der Waals surface area contributed by atoms with Crippen LogP contribution in [0.2, 0.25) is 0 Å². The van der Waals surface area contributed by atoms with Gasteiger partial charge in [-0.3, -0.25) is 9.59 Å². The molecule has 0 heterocycles. The van der Waals surface area contributed by atoms with E-state index >= 15 is 0 Å². The number of hydrogen-bond donors (Lipinski definition) is 1. The lowest BCUT2D eigenvalue weighted by molar-refractivity contribution is -0.160. The first-order valence-electron chi connectivity index (χ1n) is 11.8. The summed E-state index contributed by atoms with van der Waals surface area (Å²) in [5, 5.41) is 0. The smallest absolute Gasteiger partial charge is 0.339 e. The molecule has 0 bridgehead atoms. The molecule has 0 saturated heterocycles. The van der Waals surface area contributed by atoms with E-state index in [1.54, 1.807) is 65.8 Å². The van der Waals surface area contributed by atoms with E-state index < -0.39 is 45.1 Å². The van der Waals surface area contributed by atoms with E-state index in [9.17, 15) is 18.0 Å². The number of nitrogens with two attached hydrogens (primary N) is 1. The molecule has 0 aliphatic carbocycles. The van der Waals surface area contributed by atoms with Gasteiger partial charge in [-0.15, -0.1) is 0 Å². The van der Waals surface area contributed by atoms with Crippen molar-refractivity contribution >= 4 is 22.1 Å². The van der Waals surface area contributed by atoms with Gasteiger partial charge in [-0.1, -0.05) is 29.8 Å². The number of benzene rings is 2. The van der Waals surface area contributed by atoms with E-state index in [1.807, 2.05) is 6.92 Å². The van der Waals surface area contributed by atoms with Gasteiger partial charge in [0.15, 0.2) is 0 Å². The average molecular weight is 520 g/mol. The number of hydrogen-bond acceptors (Lipinski definition) is 8. The molecule has 2 unspecified atom stereocenters. The second kappa shape index (κ2) is 11.4. The van der Waals surface area contributed by atoms with Gasteiger partial charge in [0.2, 0.25) is 0 Å². The Kier molecular flexibility index (Phi) is 9.31. The maximum atomic E-state index is 13.2. The molecule has 0 spiro atoms. The molecule has 0 saturated carbocycles. The van der Waals surface area contributed by atoms with Gasteiger partial charge in [0.05, 0.1) is 12.3 Å². The molecule has 8 nitrogen and oxygen atoms in total. The highest BCUT2D eigenvalue weighted by Gasteiger charge is 2.35. The largest absolute Gasteiger partial charge is 0.460 e. The van der Waals surface area contributed by atoms with Gasteiger partial charge in [-0.25, -0.2) is 0 Å². The maximum Gasteiger partial charge on any atom is 0.339 e. The second-order valence-electron chi connectivity index (χ2n) is 10.7. The van der Waals surface area contributed by atoms with E-state index in [-0.39, 0.29) is 23.6 Å². The van der Waals surface area contributed by atoms with Crippen LogP contribution in [0.5, 0.6) is 5.75 Å². The standard InChI is InChI=1S/C27H37NO7S/c1-18-8-14-22(15-9-18)36(31,32)35-21-12-10-19(11-13-21)24(25(30)34-27(5,6)7)20(17-28)16-23(29)33-26(2,3)4/h8-15,20,24H,16-17,28H2,1-7H3. The van der Waals surface area contributed by atoms with Crippen LogP contribution >= 0.6 is 0 Å². The molecule has 0 radical (unpaired) electrons. The first-order valence-corrected chi connectivity index (χ1v) is 13.2. The van der Waals surface area contributed by atoms with Gasteiger partial charge < -0.3 is 19.4 Å². The summed E-state index contributed by atoms with van der Waals surface area (Å²) in [6.45, 7) is 12.4. The zero-order chi connectivity index (χ0) is 27.3. The molecule has 0 aliphatic rings. The van der Waals surface area contributed by atoms with Gasteiger partial charge in [-0.05, 0) is 90.8 Å². The molecule has 0 fully saturated rings. The lowest BCUT2D eigenvalue weighted by Gasteiger charge is -2.29. The highest BCUT2D eigenvalue weighted by Crippen LogP contribution is 2.32. The number of aryl methyl sites for hydroxylation is 1. The fourth-order valence-corrected chi connectivity index (χ4v) is 4.44. The summed E-state index contributed by atoms with van der Waals surface area (Å²) in [6.07, 6.45) is -0.0856. The van der Waals surface area contributed by atoms with Crippen LogP contribution < -0.4 is 9.92 Å². The number of ether oxygens (including phenoxy) is 2. The summed E-state index contributed by atoms with van der Waals surface area (Å²) < 4.78 is 41.6. The highest BCUT2D eigenvalue weighted by atomic mass is 32.2. The van der Waals surface area contributed by atoms with Crippen molar-refractivity contribution in [1.82, 2.24) is 0 Å². The normalized spacial score (nSPS) is 14.0. The predicted octanol–water partition coefficient (Wildman–Crippen LogP) is 4.49. The Balaban J connectivity index is 2.33. The van der Waals surface area contributed by atoms with E-state index in [4.69, 9.17) is 19.4 Å². The Bertz CT molecular complexity index is 1140. The minimum absolute atomic E-state index is 0.0310. The highest BCUT2D eigenvalue weighted by molar-refractivity contribution is 7.87. The Morgan fingerprint density at radius 2 is 1.39 bits per heavy atom. The third-order valence-corrected chi connectivity index (χ3v) is 6.30.